The van der Waals surface area contributed by atoms with Crippen LogP contribution in [0.4, 0.5) is 0 Å². The first kappa shape index (κ1) is 13.9. The van der Waals surface area contributed by atoms with Crippen molar-refractivity contribution in [3.8, 4) is 0 Å². The van der Waals surface area contributed by atoms with Crippen molar-refractivity contribution >= 4 is 17.2 Å². The molecule has 1 heterocycles. The number of hydrogen-bond acceptors (Lipinski definition) is 3. The van der Waals surface area contributed by atoms with E-state index in [1.807, 2.05) is 17.5 Å². The van der Waals surface area contributed by atoms with Crippen LogP contribution >= 0.6 is 11.3 Å². The van der Waals surface area contributed by atoms with Gasteiger partial charge in [-0.2, -0.15) is 0 Å². The van der Waals surface area contributed by atoms with E-state index >= 15 is 0 Å². The summed E-state index contributed by atoms with van der Waals surface area (Å²) in [5, 5.41) is 5.03. The number of hydrogen-bond donors (Lipinski definition) is 2. The van der Waals surface area contributed by atoms with Crippen LogP contribution in [0.25, 0.3) is 0 Å². The summed E-state index contributed by atoms with van der Waals surface area (Å²) >= 11 is 1.66. The van der Waals surface area contributed by atoms with Crippen LogP contribution in [0.1, 0.15) is 37.1 Å². The highest BCUT2D eigenvalue weighted by atomic mass is 32.1. The summed E-state index contributed by atoms with van der Waals surface area (Å²) in [4.78, 5) is 13.0. The van der Waals surface area contributed by atoms with Gasteiger partial charge >= 0.3 is 0 Å². The van der Waals surface area contributed by atoms with E-state index in [4.69, 9.17) is 5.73 Å². The largest absolute Gasteiger partial charge is 0.347 e. The fraction of sp³-hybridized carbons (Fsp3) is 0.462. The first-order valence-electron chi connectivity index (χ1n) is 5.89. The van der Waals surface area contributed by atoms with Gasteiger partial charge in [0.2, 0.25) is 5.91 Å². The van der Waals surface area contributed by atoms with Crippen LogP contribution in [0.3, 0.4) is 0 Å². The van der Waals surface area contributed by atoms with Crippen LogP contribution in [0, 0.1) is 0 Å². The number of rotatable bonds is 7. The molecule has 0 bridgehead atoms. The minimum Gasteiger partial charge on any atom is -0.347 e. The molecule has 0 saturated carbocycles. The van der Waals surface area contributed by atoms with Gasteiger partial charge in [0, 0.05) is 4.88 Å². The van der Waals surface area contributed by atoms with Gasteiger partial charge in [-0.25, -0.2) is 0 Å². The van der Waals surface area contributed by atoms with Gasteiger partial charge in [-0.05, 0) is 24.3 Å². The SMILES string of the molecule is C=CCC(N)C(=O)NC(CCC)c1cccs1. The third-order valence-corrected chi connectivity index (χ3v) is 3.52. The average Bonchev–Trinajstić information content (AvgIpc) is 2.82. The molecule has 1 rings (SSSR count). The van der Waals surface area contributed by atoms with E-state index in [1.165, 1.54) is 4.88 Å². The average molecular weight is 252 g/mol. The molecular formula is C13H20N2OS. The maximum Gasteiger partial charge on any atom is 0.237 e. The second kappa shape index (κ2) is 7.25. The lowest BCUT2D eigenvalue weighted by molar-refractivity contribution is -0.123. The predicted molar refractivity (Wildman–Crippen MR) is 72.9 cm³/mol. The van der Waals surface area contributed by atoms with Crippen LogP contribution < -0.4 is 11.1 Å². The van der Waals surface area contributed by atoms with Crippen LogP contribution in [0.2, 0.25) is 0 Å². The Hall–Kier alpha value is -1.13. The van der Waals surface area contributed by atoms with Gasteiger partial charge in [-0.1, -0.05) is 25.5 Å². The molecule has 0 radical (unpaired) electrons. The highest BCUT2D eigenvalue weighted by molar-refractivity contribution is 7.10. The lowest BCUT2D eigenvalue weighted by atomic mass is 10.1. The van der Waals surface area contributed by atoms with Gasteiger partial charge in [-0.3, -0.25) is 4.79 Å². The van der Waals surface area contributed by atoms with E-state index in [1.54, 1.807) is 17.4 Å². The summed E-state index contributed by atoms with van der Waals surface area (Å²) in [5.41, 5.74) is 5.75. The fourth-order valence-electron chi connectivity index (χ4n) is 1.63. The van der Waals surface area contributed by atoms with Gasteiger partial charge in [0.05, 0.1) is 12.1 Å². The Morgan fingerprint density at radius 1 is 1.71 bits per heavy atom. The van der Waals surface area contributed by atoms with Crippen molar-refractivity contribution in [2.75, 3.05) is 0 Å². The molecule has 0 aliphatic heterocycles. The molecule has 0 aliphatic carbocycles. The number of nitrogens with one attached hydrogen (secondary N) is 1. The molecule has 3 N–H and O–H groups in total. The number of thiophene rings is 1. The predicted octanol–water partition coefficient (Wildman–Crippen LogP) is 2.61. The van der Waals surface area contributed by atoms with Crippen molar-refractivity contribution in [3.63, 3.8) is 0 Å². The van der Waals surface area contributed by atoms with Crippen molar-refractivity contribution in [1.82, 2.24) is 5.32 Å². The Kier molecular flexibility index (Phi) is 5.94. The smallest absolute Gasteiger partial charge is 0.237 e. The zero-order valence-electron chi connectivity index (χ0n) is 10.2. The van der Waals surface area contributed by atoms with Crippen LogP contribution in [-0.2, 0) is 4.79 Å². The van der Waals surface area contributed by atoms with Gasteiger partial charge in [0.15, 0.2) is 0 Å². The molecule has 94 valence electrons. The molecule has 4 heteroatoms. The maximum absolute atomic E-state index is 11.8. The third-order valence-electron chi connectivity index (χ3n) is 2.54. The van der Waals surface area contributed by atoms with Gasteiger partial charge in [-0.15, -0.1) is 17.9 Å². The van der Waals surface area contributed by atoms with Crippen molar-refractivity contribution in [3.05, 3.63) is 35.0 Å². The van der Waals surface area contributed by atoms with Crippen LogP contribution in [0.5, 0.6) is 0 Å². The van der Waals surface area contributed by atoms with E-state index in [0.29, 0.717) is 6.42 Å². The van der Waals surface area contributed by atoms with Crippen LogP contribution in [-0.4, -0.2) is 11.9 Å². The molecule has 1 aromatic heterocycles. The second-order valence-electron chi connectivity index (χ2n) is 4.00. The first-order valence-corrected chi connectivity index (χ1v) is 6.77. The Morgan fingerprint density at radius 2 is 2.47 bits per heavy atom. The molecule has 0 spiro atoms. The Bertz CT molecular complexity index is 348. The maximum atomic E-state index is 11.8. The number of amides is 1. The van der Waals surface area contributed by atoms with E-state index in [0.717, 1.165) is 12.8 Å². The molecule has 1 amide bonds. The quantitative estimate of drug-likeness (QED) is 0.733. The zero-order chi connectivity index (χ0) is 12.7. The summed E-state index contributed by atoms with van der Waals surface area (Å²) in [5.74, 6) is -0.100. The molecular weight excluding hydrogens is 232 g/mol. The van der Waals surface area contributed by atoms with Crippen molar-refractivity contribution in [2.24, 2.45) is 5.73 Å². The normalized spacial score (nSPS) is 14.0. The Morgan fingerprint density at radius 3 is 3.00 bits per heavy atom. The molecule has 0 aliphatic rings. The highest BCUT2D eigenvalue weighted by Gasteiger charge is 2.18. The van der Waals surface area contributed by atoms with Crippen molar-refractivity contribution in [2.45, 2.75) is 38.3 Å². The topological polar surface area (TPSA) is 55.1 Å². The summed E-state index contributed by atoms with van der Waals surface area (Å²) in [6, 6.07) is 3.64. The van der Waals surface area contributed by atoms with E-state index in [2.05, 4.69) is 18.8 Å². The number of carbonyl (C=O) groups is 1. The minimum absolute atomic E-state index is 0.0864. The molecule has 0 saturated heterocycles. The molecule has 3 nitrogen and oxygen atoms in total. The zero-order valence-corrected chi connectivity index (χ0v) is 11.0. The van der Waals surface area contributed by atoms with Crippen molar-refractivity contribution < 1.29 is 4.79 Å². The van der Waals surface area contributed by atoms with E-state index in [-0.39, 0.29) is 11.9 Å². The van der Waals surface area contributed by atoms with Gasteiger partial charge in [0.1, 0.15) is 0 Å². The molecule has 2 unspecified atom stereocenters. The Labute approximate surface area is 107 Å². The molecule has 0 fully saturated rings. The molecule has 0 aromatic carbocycles. The summed E-state index contributed by atoms with van der Waals surface area (Å²) in [6.07, 6.45) is 4.14. The first-order chi connectivity index (χ1) is 8.19. The summed E-state index contributed by atoms with van der Waals surface area (Å²) in [7, 11) is 0. The second-order valence-corrected chi connectivity index (χ2v) is 4.98. The van der Waals surface area contributed by atoms with Crippen LogP contribution in [0.15, 0.2) is 30.2 Å². The fourth-order valence-corrected chi connectivity index (χ4v) is 2.44. The lowest BCUT2D eigenvalue weighted by Crippen LogP contribution is -2.41. The monoisotopic (exact) mass is 252 g/mol. The third kappa shape index (κ3) is 4.32. The Balaban J connectivity index is 2.61. The molecule has 1 aromatic rings. The number of nitrogens with two attached hydrogens (primary N) is 1. The summed E-state index contributed by atoms with van der Waals surface area (Å²) in [6.45, 7) is 5.70. The molecule has 17 heavy (non-hydrogen) atoms. The number of carbonyl (C=O) groups excluding carboxylic acids is 1. The standard InChI is InChI=1S/C13H20N2OS/c1-3-6-10(14)13(16)15-11(7-4-2)12-8-5-9-17-12/h3,5,8-11H,1,4,6-7,14H2,2H3,(H,15,16). The summed E-state index contributed by atoms with van der Waals surface area (Å²) < 4.78 is 0. The lowest BCUT2D eigenvalue weighted by Gasteiger charge is -2.19. The highest BCUT2D eigenvalue weighted by Crippen LogP contribution is 2.23. The van der Waals surface area contributed by atoms with Gasteiger partial charge < -0.3 is 11.1 Å². The van der Waals surface area contributed by atoms with E-state index < -0.39 is 6.04 Å². The minimum atomic E-state index is -0.494. The van der Waals surface area contributed by atoms with Crippen molar-refractivity contribution in [1.29, 1.82) is 0 Å². The van der Waals surface area contributed by atoms with E-state index in [9.17, 15) is 4.79 Å². The van der Waals surface area contributed by atoms with Gasteiger partial charge in [0.25, 0.3) is 0 Å². The molecule has 2 atom stereocenters.